The predicted molar refractivity (Wildman–Crippen MR) is 72.1 cm³/mol. The molecule has 5 nitrogen and oxygen atoms in total. The van der Waals surface area contributed by atoms with Crippen LogP contribution in [0.15, 0.2) is 4.99 Å². The molecule has 0 saturated heterocycles. The molecule has 0 unspecified atom stereocenters. The highest BCUT2D eigenvalue weighted by Gasteiger charge is 2.11. The molecule has 0 spiro atoms. The van der Waals surface area contributed by atoms with Gasteiger partial charge in [0.25, 0.3) is 0 Å². The smallest absolute Gasteiger partial charge is 0.222 e. The molecule has 0 aliphatic rings. The molecule has 0 aliphatic carbocycles. The van der Waals surface area contributed by atoms with Gasteiger partial charge in [0.15, 0.2) is 5.96 Å². The second-order valence-electron chi connectivity index (χ2n) is 5.32. The van der Waals surface area contributed by atoms with Gasteiger partial charge in [-0.1, -0.05) is 13.8 Å². The van der Waals surface area contributed by atoms with Gasteiger partial charge in [0.2, 0.25) is 5.91 Å². The van der Waals surface area contributed by atoms with E-state index in [0.29, 0.717) is 13.1 Å². The van der Waals surface area contributed by atoms with E-state index in [0.717, 1.165) is 5.96 Å². The zero-order chi connectivity index (χ0) is 13.5. The SMILES string of the molecule is CN=C(NCCNC(=O)C(C)C)NC(C)(C)C. The second-order valence-corrected chi connectivity index (χ2v) is 5.32. The number of nitrogens with zero attached hydrogens (tertiary/aromatic N) is 1. The van der Waals surface area contributed by atoms with Crippen LogP contribution in [0.1, 0.15) is 34.6 Å². The van der Waals surface area contributed by atoms with E-state index in [1.165, 1.54) is 0 Å². The summed E-state index contributed by atoms with van der Waals surface area (Å²) >= 11 is 0. The molecule has 0 atom stereocenters. The monoisotopic (exact) mass is 242 g/mol. The quantitative estimate of drug-likeness (QED) is 0.387. The summed E-state index contributed by atoms with van der Waals surface area (Å²) in [4.78, 5) is 15.4. The summed E-state index contributed by atoms with van der Waals surface area (Å²) in [6.45, 7) is 11.2. The van der Waals surface area contributed by atoms with Gasteiger partial charge in [-0.15, -0.1) is 0 Å². The molecular formula is C12H26N4O. The minimum Gasteiger partial charge on any atom is -0.355 e. The molecule has 0 aromatic rings. The van der Waals surface area contributed by atoms with Gasteiger partial charge in [-0.3, -0.25) is 9.79 Å². The zero-order valence-electron chi connectivity index (χ0n) is 11.8. The average molecular weight is 242 g/mol. The van der Waals surface area contributed by atoms with Gasteiger partial charge in [-0.2, -0.15) is 0 Å². The second kappa shape index (κ2) is 7.14. The van der Waals surface area contributed by atoms with Gasteiger partial charge < -0.3 is 16.0 Å². The van der Waals surface area contributed by atoms with Crippen LogP contribution >= 0.6 is 0 Å². The number of hydrogen-bond acceptors (Lipinski definition) is 2. The fraction of sp³-hybridized carbons (Fsp3) is 0.833. The lowest BCUT2D eigenvalue weighted by Gasteiger charge is -2.23. The molecule has 0 aromatic heterocycles. The van der Waals surface area contributed by atoms with E-state index in [1.54, 1.807) is 7.05 Å². The molecule has 0 aliphatic heterocycles. The lowest BCUT2D eigenvalue weighted by molar-refractivity contribution is -0.123. The van der Waals surface area contributed by atoms with Crippen molar-refractivity contribution in [2.75, 3.05) is 20.1 Å². The highest BCUT2D eigenvalue weighted by atomic mass is 16.1. The molecule has 5 heteroatoms. The van der Waals surface area contributed by atoms with Crippen LogP contribution in [0.3, 0.4) is 0 Å². The summed E-state index contributed by atoms with van der Waals surface area (Å²) in [6.07, 6.45) is 0. The summed E-state index contributed by atoms with van der Waals surface area (Å²) in [5.74, 6) is 0.851. The molecule has 0 bridgehead atoms. The van der Waals surface area contributed by atoms with E-state index in [4.69, 9.17) is 0 Å². The van der Waals surface area contributed by atoms with Gasteiger partial charge in [-0.05, 0) is 20.8 Å². The van der Waals surface area contributed by atoms with Gasteiger partial charge in [0.1, 0.15) is 0 Å². The number of carbonyl (C=O) groups excluding carboxylic acids is 1. The highest BCUT2D eigenvalue weighted by Crippen LogP contribution is 1.97. The van der Waals surface area contributed by atoms with E-state index in [1.807, 2.05) is 13.8 Å². The molecule has 0 fully saturated rings. The van der Waals surface area contributed by atoms with Crippen LogP contribution < -0.4 is 16.0 Å². The Hall–Kier alpha value is -1.26. The van der Waals surface area contributed by atoms with Crippen LogP contribution in [0.4, 0.5) is 0 Å². The Balaban J connectivity index is 3.84. The number of carbonyl (C=O) groups is 1. The summed E-state index contributed by atoms with van der Waals surface area (Å²) in [5.41, 5.74) is -0.0248. The third-order valence-electron chi connectivity index (χ3n) is 1.96. The third kappa shape index (κ3) is 8.54. The molecule has 1 amide bonds. The highest BCUT2D eigenvalue weighted by molar-refractivity contribution is 5.80. The minimum atomic E-state index is -0.0248. The van der Waals surface area contributed by atoms with Crippen molar-refractivity contribution in [2.24, 2.45) is 10.9 Å². The van der Waals surface area contributed by atoms with E-state index in [2.05, 4.69) is 41.7 Å². The lowest BCUT2D eigenvalue weighted by Crippen LogP contribution is -2.49. The van der Waals surface area contributed by atoms with Gasteiger partial charge in [0, 0.05) is 31.6 Å². The Kier molecular flexibility index (Phi) is 6.61. The standard InChI is InChI=1S/C12H26N4O/c1-9(2)10(17)14-7-8-15-11(13-6)16-12(3,4)5/h9H,7-8H2,1-6H3,(H,14,17)(H2,13,15,16). The van der Waals surface area contributed by atoms with Crippen molar-refractivity contribution < 1.29 is 4.79 Å². The Bertz CT molecular complexity index is 266. The van der Waals surface area contributed by atoms with Crippen LogP contribution in [0.2, 0.25) is 0 Å². The topological polar surface area (TPSA) is 65.5 Å². The number of guanidine groups is 1. The first-order valence-electron chi connectivity index (χ1n) is 6.03. The third-order valence-corrected chi connectivity index (χ3v) is 1.96. The first-order chi connectivity index (χ1) is 7.76. The molecule has 17 heavy (non-hydrogen) atoms. The van der Waals surface area contributed by atoms with E-state index in [-0.39, 0.29) is 17.4 Å². The van der Waals surface area contributed by atoms with Crippen LogP contribution in [0, 0.1) is 5.92 Å². The van der Waals surface area contributed by atoms with Crippen LogP contribution in [0.25, 0.3) is 0 Å². The summed E-state index contributed by atoms with van der Waals surface area (Å²) in [7, 11) is 1.73. The molecule has 0 rings (SSSR count). The number of amides is 1. The lowest BCUT2D eigenvalue weighted by atomic mass is 10.1. The fourth-order valence-corrected chi connectivity index (χ4v) is 1.11. The summed E-state index contributed by atoms with van der Waals surface area (Å²) < 4.78 is 0. The normalized spacial score (nSPS) is 12.5. The maximum Gasteiger partial charge on any atom is 0.222 e. The maximum atomic E-state index is 11.3. The van der Waals surface area contributed by atoms with Crippen molar-refractivity contribution in [1.82, 2.24) is 16.0 Å². The molecule has 100 valence electrons. The Morgan fingerprint density at radius 1 is 1.18 bits per heavy atom. The number of aliphatic imine (C=N–C) groups is 1. The van der Waals surface area contributed by atoms with Crippen molar-refractivity contribution in [3.05, 3.63) is 0 Å². The first kappa shape index (κ1) is 15.7. The molecular weight excluding hydrogens is 216 g/mol. The van der Waals surface area contributed by atoms with Crippen molar-refractivity contribution in [3.8, 4) is 0 Å². The Morgan fingerprint density at radius 2 is 1.71 bits per heavy atom. The predicted octanol–water partition coefficient (Wildman–Crippen LogP) is 0.722. The maximum absolute atomic E-state index is 11.3. The first-order valence-corrected chi connectivity index (χ1v) is 6.03. The fourth-order valence-electron chi connectivity index (χ4n) is 1.11. The largest absolute Gasteiger partial charge is 0.355 e. The summed E-state index contributed by atoms with van der Waals surface area (Å²) in [5, 5.41) is 9.23. The molecule has 0 aromatic carbocycles. The van der Waals surface area contributed by atoms with Crippen LogP contribution in [-0.2, 0) is 4.79 Å². The molecule has 3 N–H and O–H groups in total. The Morgan fingerprint density at radius 3 is 2.12 bits per heavy atom. The molecule has 0 saturated carbocycles. The average Bonchev–Trinajstić information content (AvgIpc) is 2.20. The number of nitrogens with one attached hydrogen (secondary N) is 3. The molecule has 0 radical (unpaired) electrons. The van der Waals surface area contributed by atoms with Crippen LogP contribution in [-0.4, -0.2) is 37.5 Å². The van der Waals surface area contributed by atoms with E-state index < -0.39 is 0 Å². The van der Waals surface area contributed by atoms with E-state index in [9.17, 15) is 4.79 Å². The number of rotatable bonds is 4. The van der Waals surface area contributed by atoms with Crippen molar-refractivity contribution in [1.29, 1.82) is 0 Å². The van der Waals surface area contributed by atoms with Crippen molar-refractivity contribution in [2.45, 2.75) is 40.2 Å². The summed E-state index contributed by atoms with van der Waals surface area (Å²) in [6, 6.07) is 0. The van der Waals surface area contributed by atoms with Crippen molar-refractivity contribution >= 4 is 11.9 Å². The van der Waals surface area contributed by atoms with E-state index >= 15 is 0 Å². The molecule has 0 heterocycles. The van der Waals surface area contributed by atoms with Gasteiger partial charge in [-0.25, -0.2) is 0 Å². The minimum absolute atomic E-state index is 0.0248. The number of hydrogen-bond donors (Lipinski definition) is 3. The Labute approximate surface area is 104 Å². The van der Waals surface area contributed by atoms with Crippen molar-refractivity contribution in [3.63, 3.8) is 0 Å². The van der Waals surface area contributed by atoms with Gasteiger partial charge in [0.05, 0.1) is 0 Å². The van der Waals surface area contributed by atoms with Gasteiger partial charge >= 0.3 is 0 Å². The zero-order valence-corrected chi connectivity index (χ0v) is 11.8. The van der Waals surface area contributed by atoms with Crippen LogP contribution in [0.5, 0.6) is 0 Å².